The van der Waals surface area contributed by atoms with Crippen LogP contribution in [0.2, 0.25) is 0 Å². The van der Waals surface area contributed by atoms with Gasteiger partial charge in [-0.3, -0.25) is 19.2 Å². The van der Waals surface area contributed by atoms with Crippen molar-refractivity contribution in [2.24, 2.45) is 5.92 Å². The lowest BCUT2D eigenvalue weighted by Crippen LogP contribution is -2.28. The molecule has 1 fully saturated rings. The van der Waals surface area contributed by atoms with E-state index < -0.39 is 5.92 Å². The van der Waals surface area contributed by atoms with Gasteiger partial charge in [-0.1, -0.05) is 6.07 Å². The van der Waals surface area contributed by atoms with Crippen LogP contribution in [0.15, 0.2) is 48.5 Å². The molecule has 0 saturated carbocycles. The van der Waals surface area contributed by atoms with Crippen LogP contribution in [-0.4, -0.2) is 30.2 Å². The topological polar surface area (TPSA) is 108 Å². The minimum atomic E-state index is -0.484. The Hall–Kier alpha value is -3.68. The van der Waals surface area contributed by atoms with E-state index in [0.29, 0.717) is 22.7 Å². The third-order valence-electron chi connectivity index (χ3n) is 4.45. The molecular formula is C21H22N4O4. The van der Waals surface area contributed by atoms with Crippen molar-refractivity contribution in [2.75, 3.05) is 27.4 Å². The molecule has 1 aliphatic heterocycles. The molecule has 0 radical (unpaired) electrons. The van der Waals surface area contributed by atoms with Crippen LogP contribution in [0.3, 0.4) is 0 Å². The molecule has 0 aromatic heterocycles. The molecule has 3 N–H and O–H groups in total. The maximum Gasteiger partial charge on any atom is 0.229 e. The van der Waals surface area contributed by atoms with Crippen molar-refractivity contribution in [3.8, 4) is 0 Å². The van der Waals surface area contributed by atoms with Crippen LogP contribution < -0.4 is 20.9 Å². The summed E-state index contributed by atoms with van der Waals surface area (Å²) < 4.78 is 0. The molecule has 8 heteroatoms. The molecule has 4 amide bonds. The van der Waals surface area contributed by atoms with Gasteiger partial charge in [-0.25, -0.2) is 0 Å². The molecule has 8 nitrogen and oxygen atoms in total. The highest BCUT2D eigenvalue weighted by Gasteiger charge is 2.35. The van der Waals surface area contributed by atoms with Gasteiger partial charge < -0.3 is 20.9 Å². The van der Waals surface area contributed by atoms with Crippen molar-refractivity contribution >= 4 is 46.4 Å². The molecule has 0 bridgehead atoms. The predicted molar refractivity (Wildman–Crippen MR) is 111 cm³/mol. The number of anilines is 4. The van der Waals surface area contributed by atoms with Crippen LogP contribution in [0.1, 0.15) is 20.3 Å². The van der Waals surface area contributed by atoms with Crippen molar-refractivity contribution in [2.45, 2.75) is 20.3 Å². The molecule has 1 atom stereocenters. The Labute approximate surface area is 168 Å². The van der Waals surface area contributed by atoms with Gasteiger partial charge in [-0.05, 0) is 42.5 Å². The fraction of sp³-hybridized carbons (Fsp3) is 0.238. The number of nitrogens with zero attached hydrogens (tertiary/aromatic N) is 1. The van der Waals surface area contributed by atoms with Gasteiger partial charge in [0.15, 0.2) is 0 Å². The van der Waals surface area contributed by atoms with E-state index in [2.05, 4.69) is 16.0 Å². The van der Waals surface area contributed by atoms with Gasteiger partial charge in [-0.15, -0.1) is 0 Å². The zero-order valence-electron chi connectivity index (χ0n) is 16.2. The van der Waals surface area contributed by atoms with E-state index in [1.807, 2.05) is 0 Å². The standard InChI is InChI=1S/C21H22N4O4/c1-13(26)22-16-6-8-19(9-7-16)25-12-15(10-20(25)28)21(29)24-18-5-3-4-17(11-18)23-14(2)27/h3-9,11,15H,10,12H2,1-2H3,(H,22,26)(H,23,27)(H,24,29). The Kier molecular flexibility index (Phi) is 5.92. The minimum Gasteiger partial charge on any atom is -0.326 e. The fourth-order valence-electron chi connectivity index (χ4n) is 3.18. The summed E-state index contributed by atoms with van der Waals surface area (Å²) in [7, 11) is 0. The zero-order valence-corrected chi connectivity index (χ0v) is 16.2. The lowest BCUT2D eigenvalue weighted by molar-refractivity contribution is -0.122. The molecule has 2 aromatic rings. The van der Waals surface area contributed by atoms with Crippen LogP contribution in [0.4, 0.5) is 22.7 Å². The van der Waals surface area contributed by atoms with Gasteiger partial charge in [0.1, 0.15) is 0 Å². The van der Waals surface area contributed by atoms with Crippen LogP contribution in [0.25, 0.3) is 0 Å². The van der Waals surface area contributed by atoms with Crippen LogP contribution >= 0.6 is 0 Å². The van der Waals surface area contributed by atoms with Gasteiger partial charge >= 0.3 is 0 Å². The van der Waals surface area contributed by atoms with E-state index in [-0.39, 0.29) is 36.6 Å². The summed E-state index contributed by atoms with van der Waals surface area (Å²) >= 11 is 0. The summed E-state index contributed by atoms with van der Waals surface area (Å²) in [5, 5.41) is 8.14. The molecule has 29 heavy (non-hydrogen) atoms. The number of hydrogen-bond acceptors (Lipinski definition) is 4. The normalized spacial score (nSPS) is 15.7. The third kappa shape index (κ3) is 5.19. The average molecular weight is 394 g/mol. The summed E-state index contributed by atoms with van der Waals surface area (Å²) in [6.45, 7) is 3.11. The van der Waals surface area contributed by atoms with Gasteiger partial charge in [0.05, 0.1) is 5.92 Å². The lowest BCUT2D eigenvalue weighted by Gasteiger charge is -2.17. The number of carbonyl (C=O) groups is 4. The highest BCUT2D eigenvalue weighted by molar-refractivity contribution is 6.04. The van der Waals surface area contributed by atoms with Gasteiger partial charge in [0.25, 0.3) is 0 Å². The van der Waals surface area contributed by atoms with Crippen molar-refractivity contribution in [3.63, 3.8) is 0 Å². The quantitative estimate of drug-likeness (QED) is 0.724. The molecule has 3 rings (SSSR count). The predicted octanol–water partition coefficient (Wildman–Crippen LogP) is 2.60. The fourth-order valence-corrected chi connectivity index (χ4v) is 3.18. The van der Waals surface area contributed by atoms with E-state index in [1.165, 1.54) is 13.8 Å². The SMILES string of the molecule is CC(=O)Nc1ccc(N2CC(C(=O)Nc3cccc(NC(C)=O)c3)CC2=O)cc1. The maximum atomic E-state index is 12.6. The van der Waals surface area contributed by atoms with Crippen molar-refractivity contribution in [3.05, 3.63) is 48.5 Å². The number of hydrogen-bond donors (Lipinski definition) is 3. The summed E-state index contributed by atoms with van der Waals surface area (Å²) in [6, 6.07) is 13.7. The number of carbonyl (C=O) groups excluding carboxylic acids is 4. The second-order valence-corrected chi connectivity index (χ2v) is 6.88. The molecule has 0 aliphatic carbocycles. The third-order valence-corrected chi connectivity index (χ3v) is 4.45. The molecule has 0 spiro atoms. The van der Waals surface area contributed by atoms with E-state index in [0.717, 1.165) is 0 Å². The van der Waals surface area contributed by atoms with E-state index in [1.54, 1.807) is 53.4 Å². The minimum absolute atomic E-state index is 0.116. The number of amides is 4. The molecule has 1 heterocycles. The van der Waals surface area contributed by atoms with Gasteiger partial charge in [0.2, 0.25) is 23.6 Å². The summed E-state index contributed by atoms with van der Waals surface area (Å²) in [5.41, 5.74) is 2.44. The summed E-state index contributed by atoms with van der Waals surface area (Å²) in [5.74, 6) is -1.24. The second kappa shape index (κ2) is 8.55. The average Bonchev–Trinajstić information content (AvgIpc) is 3.03. The molecule has 1 saturated heterocycles. The van der Waals surface area contributed by atoms with Gasteiger partial charge in [-0.2, -0.15) is 0 Å². The Morgan fingerprint density at radius 1 is 0.862 bits per heavy atom. The highest BCUT2D eigenvalue weighted by Crippen LogP contribution is 2.27. The van der Waals surface area contributed by atoms with E-state index >= 15 is 0 Å². The molecule has 1 unspecified atom stereocenters. The second-order valence-electron chi connectivity index (χ2n) is 6.88. The Bertz CT molecular complexity index is 955. The molecular weight excluding hydrogens is 372 g/mol. The first-order valence-corrected chi connectivity index (χ1v) is 9.18. The monoisotopic (exact) mass is 394 g/mol. The number of nitrogens with one attached hydrogen (secondary N) is 3. The molecule has 1 aliphatic rings. The van der Waals surface area contributed by atoms with Crippen LogP contribution in [-0.2, 0) is 19.2 Å². The first-order chi connectivity index (χ1) is 13.8. The number of rotatable bonds is 5. The van der Waals surface area contributed by atoms with Crippen LogP contribution in [0, 0.1) is 5.92 Å². The largest absolute Gasteiger partial charge is 0.326 e. The molecule has 2 aromatic carbocycles. The Morgan fingerprint density at radius 2 is 1.45 bits per heavy atom. The van der Waals surface area contributed by atoms with Crippen molar-refractivity contribution < 1.29 is 19.2 Å². The van der Waals surface area contributed by atoms with Gasteiger partial charge in [0, 0.05) is 49.6 Å². The van der Waals surface area contributed by atoms with Crippen LogP contribution in [0.5, 0.6) is 0 Å². The Balaban J connectivity index is 1.64. The summed E-state index contributed by atoms with van der Waals surface area (Å²) in [4.78, 5) is 48.9. The molecule has 150 valence electrons. The first kappa shape index (κ1) is 20.1. The first-order valence-electron chi connectivity index (χ1n) is 9.18. The van der Waals surface area contributed by atoms with Crippen molar-refractivity contribution in [1.29, 1.82) is 0 Å². The van der Waals surface area contributed by atoms with Crippen molar-refractivity contribution in [1.82, 2.24) is 0 Å². The summed E-state index contributed by atoms with van der Waals surface area (Å²) in [6.07, 6.45) is 0.116. The van der Waals surface area contributed by atoms with E-state index in [4.69, 9.17) is 0 Å². The smallest absolute Gasteiger partial charge is 0.229 e. The zero-order chi connectivity index (χ0) is 21.0. The Morgan fingerprint density at radius 3 is 2.07 bits per heavy atom. The number of benzene rings is 2. The highest BCUT2D eigenvalue weighted by atomic mass is 16.2. The van der Waals surface area contributed by atoms with E-state index in [9.17, 15) is 19.2 Å². The maximum absolute atomic E-state index is 12.6. The lowest BCUT2D eigenvalue weighted by atomic mass is 10.1.